The van der Waals surface area contributed by atoms with Gasteiger partial charge in [0.1, 0.15) is 11.7 Å². The Hall–Kier alpha value is -1.33. The molecule has 0 aromatic rings. The lowest BCUT2D eigenvalue weighted by atomic mass is 10.1. The van der Waals surface area contributed by atoms with E-state index in [1.807, 2.05) is 6.92 Å². The van der Waals surface area contributed by atoms with Crippen molar-refractivity contribution >= 4 is 12.1 Å². The maximum Gasteiger partial charge on any atom is 0.410 e. The third-order valence-electron chi connectivity index (χ3n) is 2.87. The van der Waals surface area contributed by atoms with E-state index in [0.717, 1.165) is 0 Å². The van der Waals surface area contributed by atoms with E-state index in [1.54, 1.807) is 20.8 Å². The molecule has 1 fully saturated rings. The van der Waals surface area contributed by atoms with E-state index in [1.165, 1.54) is 4.90 Å². The molecule has 0 spiro atoms. The zero-order valence-corrected chi connectivity index (χ0v) is 12.6. The molecular formula is C14H24FNO4. The van der Waals surface area contributed by atoms with Crippen LogP contribution in [-0.2, 0) is 14.3 Å². The number of ether oxygens (including phenoxy) is 2. The lowest BCUT2D eigenvalue weighted by molar-refractivity contribution is -0.155. The number of halogens is 1. The van der Waals surface area contributed by atoms with Gasteiger partial charge in [-0.25, -0.2) is 9.18 Å². The van der Waals surface area contributed by atoms with Crippen LogP contribution in [0.2, 0.25) is 0 Å². The molecule has 0 radical (unpaired) electrons. The summed E-state index contributed by atoms with van der Waals surface area (Å²) >= 11 is 0. The summed E-state index contributed by atoms with van der Waals surface area (Å²) in [5.74, 6) is -0.383. The number of carbonyl (C=O) groups excluding carboxylic acids is 2. The molecule has 0 aliphatic carbocycles. The first-order chi connectivity index (χ1) is 9.23. The third kappa shape index (κ3) is 5.35. The number of hydrogen-bond donors (Lipinski definition) is 0. The van der Waals surface area contributed by atoms with E-state index in [-0.39, 0.29) is 12.5 Å². The van der Waals surface area contributed by atoms with Crippen molar-refractivity contribution < 1.29 is 23.5 Å². The first-order valence-corrected chi connectivity index (χ1v) is 7.04. The number of amides is 1. The van der Waals surface area contributed by atoms with Gasteiger partial charge in [-0.1, -0.05) is 6.92 Å². The number of piperidine rings is 1. The van der Waals surface area contributed by atoms with Crippen molar-refractivity contribution in [2.45, 2.75) is 64.8 Å². The molecule has 1 amide bonds. The number of alkyl halides is 1. The summed E-state index contributed by atoms with van der Waals surface area (Å²) in [7, 11) is 0. The number of nitrogens with zero attached hydrogens (tertiary/aromatic N) is 1. The molecule has 116 valence electrons. The van der Waals surface area contributed by atoms with Crippen LogP contribution in [0.4, 0.5) is 9.18 Å². The maximum atomic E-state index is 14.0. The first kappa shape index (κ1) is 16.7. The number of hydrogen-bond acceptors (Lipinski definition) is 4. The number of rotatable bonds is 3. The molecule has 0 saturated carbocycles. The quantitative estimate of drug-likeness (QED) is 0.750. The van der Waals surface area contributed by atoms with Crippen molar-refractivity contribution in [2.24, 2.45) is 0 Å². The van der Waals surface area contributed by atoms with Crippen LogP contribution < -0.4 is 0 Å². The van der Waals surface area contributed by atoms with Gasteiger partial charge >= 0.3 is 12.1 Å². The maximum absolute atomic E-state index is 14.0. The summed E-state index contributed by atoms with van der Waals surface area (Å²) in [6, 6.07) is 0. The summed E-state index contributed by atoms with van der Waals surface area (Å²) in [4.78, 5) is 24.5. The minimum atomic E-state index is -1.36. The smallest absolute Gasteiger partial charge is 0.410 e. The molecule has 1 saturated heterocycles. The predicted octanol–water partition coefficient (Wildman–Crippen LogP) is 2.68. The topological polar surface area (TPSA) is 55.8 Å². The Balaban J connectivity index is 2.46. The van der Waals surface area contributed by atoms with Gasteiger partial charge < -0.3 is 14.4 Å². The molecule has 1 aliphatic rings. The summed E-state index contributed by atoms with van der Waals surface area (Å²) in [5.41, 5.74) is -0.604. The van der Waals surface area contributed by atoms with Gasteiger partial charge in [0, 0.05) is 19.4 Å². The Morgan fingerprint density at radius 2 is 2.00 bits per heavy atom. The SMILES string of the molecule is CCCC(=O)OC1CCN(C(=O)OC(C)(C)C)CC1F. The fraction of sp³-hybridized carbons (Fsp3) is 0.857. The molecule has 2 unspecified atom stereocenters. The molecule has 0 aromatic carbocycles. The van der Waals surface area contributed by atoms with Gasteiger partial charge in [-0.05, 0) is 27.2 Å². The monoisotopic (exact) mass is 289 g/mol. The zero-order chi connectivity index (χ0) is 15.3. The molecular weight excluding hydrogens is 265 g/mol. The van der Waals surface area contributed by atoms with E-state index >= 15 is 0 Å². The van der Waals surface area contributed by atoms with Gasteiger partial charge in [0.25, 0.3) is 0 Å². The summed E-state index contributed by atoms with van der Waals surface area (Å²) in [6.07, 6.45) is -1.38. The molecule has 1 rings (SSSR count). The largest absolute Gasteiger partial charge is 0.459 e. The molecule has 20 heavy (non-hydrogen) atoms. The molecule has 2 atom stereocenters. The normalized spacial score (nSPS) is 23.4. The minimum Gasteiger partial charge on any atom is -0.459 e. The van der Waals surface area contributed by atoms with E-state index < -0.39 is 24.0 Å². The minimum absolute atomic E-state index is 0.0982. The summed E-state index contributed by atoms with van der Waals surface area (Å²) < 4.78 is 24.2. The average Bonchev–Trinajstić information content (AvgIpc) is 2.29. The van der Waals surface area contributed by atoms with Crippen LogP contribution in [0.5, 0.6) is 0 Å². The van der Waals surface area contributed by atoms with Crippen LogP contribution in [0.15, 0.2) is 0 Å². The molecule has 1 aliphatic heterocycles. The highest BCUT2D eigenvalue weighted by Crippen LogP contribution is 2.20. The Kier molecular flexibility index (Phi) is 5.77. The van der Waals surface area contributed by atoms with Crippen LogP contribution in [0.25, 0.3) is 0 Å². The van der Waals surface area contributed by atoms with Crippen molar-refractivity contribution in [3.05, 3.63) is 0 Å². The first-order valence-electron chi connectivity index (χ1n) is 7.04. The average molecular weight is 289 g/mol. The standard InChI is InChI=1S/C14H24FNO4/c1-5-6-12(17)19-11-7-8-16(9-10(11)15)13(18)20-14(2,3)4/h10-11H,5-9H2,1-4H3. The van der Waals surface area contributed by atoms with E-state index in [4.69, 9.17) is 9.47 Å². The highest BCUT2D eigenvalue weighted by Gasteiger charge is 2.35. The Morgan fingerprint density at radius 1 is 1.35 bits per heavy atom. The van der Waals surface area contributed by atoms with Crippen LogP contribution in [0, 0.1) is 0 Å². The van der Waals surface area contributed by atoms with Gasteiger partial charge in [-0.3, -0.25) is 4.79 Å². The number of esters is 1. The molecule has 5 nitrogen and oxygen atoms in total. The van der Waals surface area contributed by atoms with Gasteiger partial charge in [-0.15, -0.1) is 0 Å². The molecule has 0 bridgehead atoms. The van der Waals surface area contributed by atoms with Crippen molar-refractivity contribution in [3.8, 4) is 0 Å². The zero-order valence-electron chi connectivity index (χ0n) is 12.6. The Morgan fingerprint density at radius 3 is 2.50 bits per heavy atom. The van der Waals surface area contributed by atoms with Gasteiger partial charge in [0.05, 0.1) is 6.54 Å². The lowest BCUT2D eigenvalue weighted by Gasteiger charge is -2.35. The summed E-state index contributed by atoms with van der Waals surface area (Å²) in [6.45, 7) is 7.38. The van der Waals surface area contributed by atoms with Gasteiger partial charge in [-0.2, -0.15) is 0 Å². The van der Waals surface area contributed by atoms with Gasteiger partial charge in [0.15, 0.2) is 6.17 Å². The second-order valence-electron chi connectivity index (χ2n) is 6.01. The fourth-order valence-corrected chi connectivity index (χ4v) is 1.94. The van der Waals surface area contributed by atoms with E-state index in [2.05, 4.69) is 0 Å². The van der Waals surface area contributed by atoms with Crippen LogP contribution in [-0.4, -0.2) is 47.9 Å². The third-order valence-corrected chi connectivity index (χ3v) is 2.87. The summed E-state index contributed by atoms with van der Waals surface area (Å²) in [5, 5.41) is 0. The molecule has 0 N–H and O–H groups in total. The van der Waals surface area contributed by atoms with Crippen molar-refractivity contribution in [1.82, 2.24) is 4.90 Å². The molecule has 1 heterocycles. The van der Waals surface area contributed by atoms with Crippen LogP contribution >= 0.6 is 0 Å². The number of carbonyl (C=O) groups is 2. The molecule has 6 heteroatoms. The van der Waals surface area contributed by atoms with Crippen molar-refractivity contribution in [3.63, 3.8) is 0 Å². The second-order valence-corrected chi connectivity index (χ2v) is 6.01. The fourth-order valence-electron chi connectivity index (χ4n) is 1.94. The Labute approximate surface area is 119 Å². The highest BCUT2D eigenvalue weighted by molar-refractivity contribution is 5.70. The predicted molar refractivity (Wildman–Crippen MR) is 72.1 cm³/mol. The molecule has 0 aromatic heterocycles. The van der Waals surface area contributed by atoms with Crippen molar-refractivity contribution in [1.29, 1.82) is 0 Å². The Bertz CT molecular complexity index is 354. The number of likely N-dealkylation sites (tertiary alicyclic amines) is 1. The van der Waals surface area contributed by atoms with Gasteiger partial charge in [0.2, 0.25) is 0 Å². The lowest BCUT2D eigenvalue weighted by Crippen LogP contribution is -2.50. The highest BCUT2D eigenvalue weighted by atomic mass is 19.1. The van der Waals surface area contributed by atoms with E-state index in [9.17, 15) is 14.0 Å². The van der Waals surface area contributed by atoms with E-state index in [0.29, 0.717) is 25.8 Å². The van der Waals surface area contributed by atoms with Crippen LogP contribution in [0.1, 0.15) is 47.0 Å². The van der Waals surface area contributed by atoms with Crippen molar-refractivity contribution in [2.75, 3.05) is 13.1 Å². The second kappa shape index (κ2) is 6.90. The van der Waals surface area contributed by atoms with Crippen LogP contribution in [0.3, 0.4) is 0 Å².